The maximum Gasteiger partial charge on any atom is 0.230 e. The highest BCUT2D eigenvalue weighted by atomic mass is 32.2. The molecule has 5 heteroatoms. The molecular formula is C15H22N2OS2. The Bertz CT molecular complexity index is 453. The van der Waals surface area contributed by atoms with Crippen LogP contribution < -0.4 is 11.1 Å². The summed E-state index contributed by atoms with van der Waals surface area (Å²) in [4.78, 5) is 12.4. The van der Waals surface area contributed by atoms with Gasteiger partial charge in [0.05, 0.1) is 5.41 Å². The fourth-order valence-electron chi connectivity index (χ4n) is 2.11. The molecule has 1 amide bonds. The minimum absolute atomic E-state index is 0.0819. The second-order valence-corrected chi connectivity index (χ2v) is 8.08. The summed E-state index contributed by atoms with van der Waals surface area (Å²) in [6.07, 6.45) is 0. The number of carbonyl (C=O) groups is 1. The van der Waals surface area contributed by atoms with Crippen LogP contribution in [0.3, 0.4) is 0 Å². The standard InChI is InChI=1S/C15H22N2OS2/c1-15(2,11-3-5-12(16)6-4-11)14(18)17-9-13-10-19-7-8-20-13/h3-6,13H,7-10,16H2,1-2H3,(H,17,18). The van der Waals surface area contributed by atoms with Crippen LogP contribution in [0.15, 0.2) is 24.3 Å². The first-order chi connectivity index (χ1) is 9.50. The summed E-state index contributed by atoms with van der Waals surface area (Å²) < 4.78 is 0. The first kappa shape index (κ1) is 15.6. The van der Waals surface area contributed by atoms with Crippen molar-refractivity contribution in [1.82, 2.24) is 5.32 Å². The van der Waals surface area contributed by atoms with E-state index in [9.17, 15) is 4.79 Å². The van der Waals surface area contributed by atoms with E-state index in [-0.39, 0.29) is 5.91 Å². The van der Waals surface area contributed by atoms with Gasteiger partial charge in [0.1, 0.15) is 0 Å². The molecular weight excluding hydrogens is 288 g/mol. The van der Waals surface area contributed by atoms with E-state index in [1.165, 1.54) is 11.5 Å². The number of anilines is 1. The number of benzene rings is 1. The summed E-state index contributed by atoms with van der Waals surface area (Å²) >= 11 is 3.94. The number of nitrogens with one attached hydrogen (secondary N) is 1. The van der Waals surface area contributed by atoms with Crippen LogP contribution in [0.1, 0.15) is 19.4 Å². The van der Waals surface area contributed by atoms with E-state index in [4.69, 9.17) is 5.73 Å². The molecule has 1 fully saturated rings. The van der Waals surface area contributed by atoms with Gasteiger partial charge in [0.25, 0.3) is 0 Å². The molecule has 0 bridgehead atoms. The van der Waals surface area contributed by atoms with E-state index >= 15 is 0 Å². The molecule has 0 spiro atoms. The predicted octanol–water partition coefficient (Wildman–Crippen LogP) is 2.51. The van der Waals surface area contributed by atoms with Crippen LogP contribution in [0.4, 0.5) is 5.69 Å². The van der Waals surface area contributed by atoms with Crippen molar-refractivity contribution in [3.63, 3.8) is 0 Å². The first-order valence-electron chi connectivity index (χ1n) is 6.84. The molecule has 1 aromatic carbocycles. The van der Waals surface area contributed by atoms with Gasteiger partial charge in [-0.3, -0.25) is 4.79 Å². The summed E-state index contributed by atoms with van der Waals surface area (Å²) in [6.45, 7) is 4.67. The molecule has 1 aliphatic rings. The van der Waals surface area contributed by atoms with Gasteiger partial charge in [0, 0.05) is 34.7 Å². The third-order valence-corrected chi connectivity index (χ3v) is 6.42. The lowest BCUT2D eigenvalue weighted by Crippen LogP contribution is -2.43. The van der Waals surface area contributed by atoms with Crippen LogP contribution in [-0.2, 0) is 10.2 Å². The zero-order valence-corrected chi connectivity index (χ0v) is 13.7. The lowest BCUT2D eigenvalue weighted by atomic mass is 9.83. The number of amides is 1. The summed E-state index contributed by atoms with van der Waals surface area (Å²) in [5.74, 6) is 3.63. The van der Waals surface area contributed by atoms with Crippen molar-refractivity contribution in [2.24, 2.45) is 0 Å². The molecule has 1 unspecified atom stereocenters. The number of hydrogen-bond donors (Lipinski definition) is 2. The van der Waals surface area contributed by atoms with Gasteiger partial charge in [-0.1, -0.05) is 12.1 Å². The van der Waals surface area contributed by atoms with Gasteiger partial charge in [-0.2, -0.15) is 23.5 Å². The molecule has 110 valence electrons. The third-order valence-electron chi connectivity index (χ3n) is 3.58. The maximum atomic E-state index is 12.4. The van der Waals surface area contributed by atoms with E-state index in [1.807, 2.05) is 61.6 Å². The van der Waals surface area contributed by atoms with Gasteiger partial charge >= 0.3 is 0 Å². The fraction of sp³-hybridized carbons (Fsp3) is 0.533. The van der Waals surface area contributed by atoms with Crippen molar-refractivity contribution in [3.05, 3.63) is 29.8 Å². The van der Waals surface area contributed by atoms with Gasteiger partial charge in [0.2, 0.25) is 5.91 Å². The first-order valence-corrected chi connectivity index (χ1v) is 9.04. The third kappa shape index (κ3) is 3.85. The van der Waals surface area contributed by atoms with E-state index in [2.05, 4.69) is 5.32 Å². The van der Waals surface area contributed by atoms with Gasteiger partial charge < -0.3 is 11.1 Å². The second-order valence-electron chi connectivity index (χ2n) is 5.52. The number of hydrogen-bond acceptors (Lipinski definition) is 4. The molecule has 0 radical (unpaired) electrons. The number of nitrogens with two attached hydrogens (primary N) is 1. The normalized spacial score (nSPS) is 19.6. The Hall–Kier alpha value is -0.810. The molecule has 1 atom stereocenters. The molecule has 1 aliphatic heterocycles. The Labute approximate surface area is 129 Å². The van der Waals surface area contributed by atoms with E-state index in [0.29, 0.717) is 5.25 Å². The van der Waals surface area contributed by atoms with Crippen LogP contribution in [0.25, 0.3) is 0 Å². The second kappa shape index (κ2) is 6.76. The average Bonchev–Trinajstić information content (AvgIpc) is 2.46. The average molecular weight is 310 g/mol. The Balaban J connectivity index is 1.94. The predicted molar refractivity (Wildman–Crippen MR) is 90.5 cm³/mol. The molecule has 1 heterocycles. The van der Waals surface area contributed by atoms with Crippen molar-refractivity contribution in [2.75, 3.05) is 29.5 Å². The summed E-state index contributed by atoms with van der Waals surface area (Å²) in [5.41, 5.74) is 6.89. The van der Waals surface area contributed by atoms with Gasteiger partial charge in [-0.05, 0) is 31.5 Å². The summed E-state index contributed by atoms with van der Waals surface area (Å²) in [6, 6.07) is 7.55. The quantitative estimate of drug-likeness (QED) is 0.839. The van der Waals surface area contributed by atoms with Crippen LogP contribution in [0, 0.1) is 0 Å². The Kier molecular flexibility index (Phi) is 5.27. The maximum absolute atomic E-state index is 12.4. The molecule has 20 heavy (non-hydrogen) atoms. The molecule has 0 aromatic heterocycles. The number of rotatable bonds is 4. The van der Waals surface area contributed by atoms with Crippen LogP contribution in [0.5, 0.6) is 0 Å². The lowest BCUT2D eigenvalue weighted by molar-refractivity contribution is -0.125. The van der Waals surface area contributed by atoms with Gasteiger partial charge in [0.15, 0.2) is 0 Å². The number of nitrogen functional groups attached to an aromatic ring is 1. The monoisotopic (exact) mass is 310 g/mol. The Morgan fingerprint density at radius 1 is 1.35 bits per heavy atom. The fourth-order valence-corrected chi connectivity index (χ4v) is 4.72. The largest absolute Gasteiger partial charge is 0.399 e. The highest BCUT2D eigenvalue weighted by Crippen LogP contribution is 2.26. The van der Waals surface area contributed by atoms with Gasteiger partial charge in [-0.25, -0.2) is 0 Å². The number of thioether (sulfide) groups is 2. The summed E-state index contributed by atoms with van der Waals surface area (Å²) in [7, 11) is 0. The molecule has 0 saturated carbocycles. The Morgan fingerprint density at radius 3 is 2.65 bits per heavy atom. The van der Waals surface area contributed by atoms with Crippen molar-refractivity contribution in [3.8, 4) is 0 Å². The molecule has 0 aliphatic carbocycles. The molecule has 3 N–H and O–H groups in total. The van der Waals surface area contributed by atoms with Crippen molar-refractivity contribution >= 4 is 35.1 Å². The van der Waals surface area contributed by atoms with Crippen molar-refractivity contribution < 1.29 is 4.79 Å². The lowest BCUT2D eigenvalue weighted by Gasteiger charge is -2.27. The molecule has 1 aromatic rings. The zero-order chi connectivity index (χ0) is 14.6. The van der Waals surface area contributed by atoms with Crippen molar-refractivity contribution in [1.29, 1.82) is 0 Å². The molecule has 3 nitrogen and oxygen atoms in total. The van der Waals surface area contributed by atoms with E-state index in [1.54, 1.807) is 0 Å². The van der Waals surface area contributed by atoms with Crippen LogP contribution in [-0.4, -0.2) is 35.0 Å². The minimum atomic E-state index is -0.528. The minimum Gasteiger partial charge on any atom is -0.399 e. The highest BCUT2D eigenvalue weighted by Gasteiger charge is 2.30. The summed E-state index contributed by atoms with van der Waals surface area (Å²) in [5, 5.41) is 3.64. The smallest absolute Gasteiger partial charge is 0.230 e. The molecule has 2 rings (SSSR count). The highest BCUT2D eigenvalue weighted by molar-refractivity contribution is 8.06. The van der Waals surface area contributed by atoms with E-state index < -0.39 is 5.41 Å². The number of carbonyl (C=O) groups excluding carboxylic acids is 1. The van der Waals surface area contributed by atoms with Gasteiger partial charge in [-0.15, -0.1) is 0 Å². The molecule has 1 saturated heterocycles. The SMILES string of the molecule is CC(C)(C(=O)NCC1CSCCS1)c1ccc(N)cc1. The van der Waals surface area contributed by atoms with E-state index in [0.717, 1.165) is 23.5 Å². The Morgan fingerprint density at radius 2 is 2.05 bits per heavy atom. The zero-order valence-electron chi connectivity index (χ0n) is 12.0. The van der Waals surface area contributed by atoms with Crippen molar-refractivity contribution in [2.45, 2.75) is 24.5 Å². The van der Waals surface area contributed by atoms with Crippen LogP contribution >= 0.6 is 23.5 Å². The topological polar surface area (TPSA) is 55.1 Å². The van der Waals surface area contributed by atoms with Crippen LogP contribution in [0.2, 0.25) is 0 Å².